The Labute approximate surface area is 120 Å². The van der Waals surface area contributed by atoms with Crippen molar-refractivity contribution in [3.8, 4) is 0 Å². The van der Waals surface area contributed by atoms with Crippen LogP contribution >= 0.6 is 0 Å². The Balaban J connectivity index is -0.0000000112. The zero-order chi connectivity index (χ0) is 7.15. The number of carbonyl (C=O) groups is 1. The van der Waals surface area contributed by atoms with E-state index in [1.807, 2.05) is 0 Å². The van der Waals surface area contributed by atoms with Crippen molar-refractivity contribution < 1.29 is 39.6 Å². The molecule has 5 heteroatoms. The summed E-state index contributed by atoms with van der Waals surface area (Å²) in [5.74, 6) is -0.833. The molecule has 0 aliphatic heterocycles. The third-order valence-corrected chi connectivity index (χ3v) is 0. The van der Waals surface area contributed by atoms with Crippen LogP contribution in [0.25, 0.3) is 0 Å². The third kappa shape index (κ3) is 251. The van der Waals surface area contributed by atoms with Gasteiger partial charge in [-0.15, -0.1) is 0 Å². The van der Waals surface area contributed by atoms with Crippen LogP contribution < -0.4 is 0 Å². The van der Waals surface area contributed by atoms with Crippen molar-refractivity contribution in [1.29, 1.82) is 0 Å². The summed E-state index contributed by atoms with van der Waals surface area (Å²) < 4.78 is 0. The first-order valence-electron chi connectivity index (χ1n) is 2.34. The van der Waals surface area contributed by atoms with Crippen LogP contribution in [0.1, 0.15) is 23.6 Å². The predicted octanol–water partition coefficient (Wildman–Crippen LogP) is 0.320. The number of hydrogen-bond donors (Lipinski definition) is 2. The molecule has 0 aliphatic rings. The van der Waals surface area contributed by atoms with Gasteiger partial charge in [-0.3, -0.25) is 4.79 Å². The average Bonchev–Trinajstić information content (AvgIpc) is 1.25. The van der Waals surface area contributed by atoms with Crippen LogP contribution in [0.2, 0.25) is 0 Å². The molecule has 0 atom stereocenters. The van der Waals surface area contributed by atoms with Crippen molar-refractivity contribution in [2.45, 2.75) is 26.9 Å². The molecule has 3 nitrogen and oxygen atoms in total. The van der Waals surface area contributed by atoms with E-state index in [0.29, 0.717) is 0 Å². The Bertz CT molecular complexity index is 69.0. The summed E-state index contributed by atoms with van der Waals surface area (Å²) in [6.45, 7) is 4.53. The molecule has 0 aromatic carbocycles. The quantitative estimate of drug-likeness (QED) is 0.634. The number of carboxylic acids is 1. The Hall–Kier alpha value is 1.72. The van der Waals surface area contributed by atoms with E-state index in [9.17, 15) is 0 Å². The second-order valence-electron chi connectivity index (χ2n) is 1.61. The molecular weight excluding hydrogens is 293 g/mol. The van der Waals surface area contributed by atoms with E-state index in [2.05, 4.69) is 0 Å². The minimum absolute atomic E-state index is 0. The summed E-state index contributed by atoms with van der Waals surface area (Å²) in [6, 6.07) is 0. The molecule has 0 fully saturated rings. The van der Waals surface area contributed by atoms with Gasteiger partial charge in [-0.2, -0.15) is 0 Å². The van der Waals surface area contributed by atoms with E-state index < -0.39 is 5.97 Å². The van der Waals surface area contributed by atoms with Gasteiger partial charge in [0.1, 0.15) is 0 Å². The molecule has 58 valence electrons. The first-order chi connectivity index (χ1) is 3.46. The molecule has 0 saturated heterocycles. The van der Waals surface area contributed by atoms with Crippen molar-refractivity contribution in [1.82, 2.24) is 0 Å². The molecule has 2 N–H and O–H groups in total. The van der Waals surface area contributed by atoms with Gasteiger partial charge in [0, 0.05) is 34.7 Å². The fourth-order valence-electron chi connectivity index (χ4n) is 0. The topological polar surface area (TPSA) is 57.5 Å². The van der Waals surface area contributed by atoms with Gasteiger partial charge < -0.3 is 13.1 Å². The molecule has 0 aromatic heterocycles. The summed E-state index contributed by atoms with van der Waals surface area (Å²) >= 11 is 0. The van der Waals surface area contributed by atoms with Crippen LogP contribution in [0.3, 0.4) is 0 Å². The second kappa shape index (κ2) is 17.0. The maximum Gasteiger partial charge on any atom is 2.00 e. The molecule has 0 saturated carbocycles. The Kier molecular flexibility index (Phi) is 38.4. The summed E-state index contributed by atoms with van der Waals surface area (Å²) in [7, 11) is 0. The molecule has 0 amide bonds. The van der Waals surface area contributed by atoms with Crippen molar-refractivity contribution in [3.63, 3.8) is 0 Å². The Morgan fingerprint density at radius 3 is 1.50 bits per heavy atom. The third-order valence-electron chi connectivity index (χ3n) is 0. The Morgan fingerprint density at radius 2 is 1.50 bits per heavy atom. The maximum atomic E-state index is 9.00. The van der Waals surface area contributed by atoms with Gasteiger partial charge in [-0.1, -0.05) is 0 Å². The zero-order valence-electron chi connectivity index (χ0n) is 8.59. The van der Waals surface area contributed by atoms with E-state index in [0.717, 1.165) is 6.92 Å². The minimum atomic E-state index is -0.833. The van der Waals surface area contributed by atoms with Gasteiger partial charge in [-0.25, -0.2) is 0 Å². The van der Waals surface area contributed by atoms with Gasteiger partial charge in [0.05, 0.1) is 0 Å². The molecule has 0 radical (unpaired) electrons. The van der Waals surface area contributed by atoms with Gasteiger partial charge in [0.25, 0.3) is 5.97 Å². The van der Waals surface area contributed by atoms with Gasteiger partial charge in [0.2, 0.25) is 0 Å². The fraction of sp³-hybridized carbons (Fsp3) is 0.800. The summed E-state index contributed by atoms with van der Waals surface area (Å²) in [4.78, 5) is 9.00. The van der Waals surface area contributed by atoms with E-state index in [-0.39, 0.29) is 79.6 Å². The van der Waals surface area contributed by atoms with Crippen molar-refractivity contribution in [2.24, 2.45) is 0 Å². The van der Waals surface area contributed by atoms with E-state index in [1.165, 1.54) is 0 Å². The van der Waals surface area contributed by atoms with Gasteiger partial charge >= 0.3 is 48.9 Å². The summed E-state index contributed by atoms with van der Waals surface area (Å²) in [5.41, 5.74) is 0. The van der Waals surface area contributed by atoms with Gasteiger partial charge in [-0.05, 0) is 13.8 Å². The Morgan fingerprint density at radius 1 is 1.50 bits per heavy atom. The maximum absolute atomic E-state index is 9.00. The minimum Gasteiger partial charge on any atom is -1.00 e. The van der Waals surface area contributed by atoms with Crippen LogP contribution in [-0.4, -0.2) is 71.2 Å². The number of carboxylic acid groups (broad SMARTS) is 1. The second-order valence-corrected chi connectivity index (χ2v) is 1.61. The smallest absolute Gasteiger partial charge is 1.00 e. The number of aliphatic hydroxyl groups excluding tert-OH is 1. The van der Waals surface area contributed by atoms with Crippen molar-refractivity contribution in [3.05, 3.63) is 0 Å². The zero-order valence-corrected chi connectivity index (χ0v) is 12.6. The predicted molar refractivity (Wildman–Crippen MR) is 38.6 cm³/mol. The van der Waals surface area contributed by atoms with Crippen LogP contribution in [-0.2, 0) is 26.5 Å². The number of aliphatic carboxylic acids is 1. The number of rotatable bonds is 0. The van der Waals surface area contributed by atoms with E-state index in [1.54, 1.807) is 13.8 Å². The average molecular weight is 307 g/mol. The van der Waals surface area contributed by atoms with Crippen LogP contribution in [0, 0.1) is 0 Å². The standard InChI is InChI=1S/C3H8O.C2H4O2.Ba.Ti.2H/c1-3(2)4;1-2(3)4;;;;/h3-4H,1-2H3;1H3,(H,3,4);;;;/q;;+2;;2*-1. The summed E-state index contributed by atoms with van der Waals surface area (Å²) in [5, 5.41) is 15.5. The molecule has 10 heavy (non-hydrogen) atoms. The first-order valence-corrected chi connectivity index (χ1v) is 2.34. The largest absolute Gasteiger partial charge is 2.00 e. The van der Waals surface area contributed by atoms with Crippen molar-refractivity contribution in [2.75, 3.05) is 0 Å². The fourth-order valence-corrected chi connectivity index (χ4v) is 0. The molecule has 0 aliphatic carbocycles. The van der Waals surface area contributed by atoms with Gasteiger partial charge in [0.15, 0.2) is 0 Å². The number of hydrogen-bond acceptors (Lipinski definition) is 2. The molecule has 0 rings (SSSR count). The van der Waals surface area contributed by atoms with E-state index >= 15 is 0 Å². The molecule has 0 unspecified atom stereocenters. The van der Waals surface area contributed by atoms with Crippen LogP contribution in [0.4, 0.5) is 0 Å². The monoisotopic (exact) mass is 308 g/mol. The summed E-state index contributed by atoms with van der Waals surface area (Å²) in [6.07, 6.45) is -0.167. The first kappa shape index (κ1) is 22.6. The van der Waals surface area contributed by atoms with Crippen molar-refractivity contribution >= 4 is 54.9 Å². The SMILES string of the molecule is CC(=O)O.CC(C)O.[Ba+2].[H-].[H-].[Ti]. The molecular formula is C5H14BaO3Ti. The van der Waals surface area contributed by atoms with Crippen LogP contribution in [0.15, 0.2) is 0 Å². The number of aliphatic hydroxyl groups is 1. The van der Waals surface area contributed by atoms with E-state index in [4.69, 9.17) is 15.0 Å². The molecule has 0 bridgehead atoms. The molecule has 0 aromatic rings. The molecule has 0 spiro atoms. The normalized spacial score (nSPS) is 6.10. The van der Waals surface area contributed by atoms with Crippen LogP contribution in [0.5, 0.6) is 0 Å². The molecule has 0 heterocycles.